The molecule has 31 heavy (non-hydrogen) atoms. The van der Waals surface area contributed by atoms with Gasteiger partial charge in [-0.3, -0.25) is 9.78 Å². The van der Waals surface area contributed by atoms with Crippen molar-refractivity contribution in [1.29, 1.82) is 0 Å². The summed E-state index contributed by atoms with van der Waals surface area (Å²) in [7, 11) is 0. The number of ketones is 1. The van der Waals surface area contributed by atoms with Crippen molar-refractivity contribution >= 4 is 23.4 Å². The molecule has 2 aromatic carbocycles. The molecule has 8 heteroatoms. The quantitative estimate of drug-likeness (QED) is 0.416. The normalized spacial score (nSPS) is 12.6. The number of rotatable bonds is 7. The minimum atomic E-state index is -1.10. The molecule has 1 heterocycles. The lowest BCUT2D eigenvalue weighted by Gasteiger charge is -2.18. The van der Waals surface area contributed by atoms with Crippen molar-refractivity contribution in [2.24, 2.45) is 0 Å². The number of phenolic OH excluding ortho intramolecular Hbond substituents is 1. The van der Waals surface area contributed by atoms with Crippen molar-refractivity contribution in [3.8, 4) is 22.8 Å². The number of phenols is 1. The fraction of sp³-hybridized carbons (Fsp3) is 0.174. The molecule has 1 aromatic heterocycles. The van der Waals surface area contributed by atoms with Crippen molar-refractivity contribution in [1.82, 2.24) is 4.98 Å². The van der Waals surface area contributed by atoms with E-state index in [9.17, 15) is 19.1 Å². The average molecular weight is 444 g/mol. The van der Waals surface area contributed by atoms with Gasteiger partial charge in [-0.1, -0.05) is 41.9 Å². The second kappa shape index (κ2) is 9.57. The maximum atomic E-state index is 14.0. The lowest BCUT2D eigenvalue weighted by atomic mass is 10.1. The van der Waals surface area contributed by atoms with Crippen LogP contribution < -0.4 is 4.74 Å². The SMILES string of the molecule is CC(Oc1ccc(-c2ncc(Cl)cc2F)cc1O)C(=O)OC(C)C(=O)c1ccccc1. The van der Waals surface area contributed by atoms with Crippen LogP contribution in [0.1, 0.15) is 24.2 Å². The zero-order valence-corrected chi connectivity index (χ0v) is 17.5. The fourth-order valence-corrected chi connectivity index (χ4v) is 2.94. The van der Waals surface area contributed by atoms with E-state index in [2.05, 4.69) is 4.98 Å². The number of halogens is 2. The molecule has 0 radical (unpaired) electrons. The minimum absolute atomic E-state index is 0.00644. The van der Waals surface area contributed by atoms with Crippen LogP contribution in [0.3, 0.4) is 0 Å². The molecule has 3 rings (SSSR count). The van der Waals surface area contributed by atoms with Crippen LogP contribution in [0, 0.1) is 5.82 Å². The van der Waals surface area contributed by atoms with E-state index in [0.717, 1.165) is 6.07 Å². The molecule has 0 aliphatic carbocycles. The Balaban J connectivity index is 1.66. The predicted octanol–water partition coefficient (Wildman–Crippen LogP) is 4.83. The predicted molar refractivity (Wildman–Crippen MR) is 113 cm³/mol. The molecular weight excluding hydrogens is 425 g/mol. The van der Waals surface area contributed by atoms with Gasteiger partial charge in [-0.2, -0.15) is 0 Å². The second-order valence-corrected chi connectivity index (χ2v) is 7.17. The molecule has 6 nitrogen and oxygen atoms in total. The lowest BCUT2D eigenvalue weighted by Crippen LogP contribution is -2.32. The third-order valence-electron chi connectivity index (χ3n) is 4.40. The van der Waals surface area contributed by atoms with E-state index in [1.807, 2.05) is 0 Å². The van der Waals surface area contributed by atoms with Gasteiger partial charge in [0.15, 0.2) is 29.5 Å². The standard InChI is InChI=1S/C23H19ClFNO5/c1-13(22(28)15-6-4-3-5-7-15)31-23(29)14(2)30-20-9-8-16(10-19(20)27)21-18(25)11-17(24)12-26-21/h3-14,27H,1-2H3. The number of benzene rings is 2. The number of hydrogen-bond acceptors (Lipinski definition) is 6. The summed E-state index contributed by atoms with van der Waals surface area (Å²) in [5.74, 6) is -2.09. The lowest BCUT2D eigenvalue weighted by molar-refractivity contribution is -0.153. The average Bonchev–Trinajstić information content (AvgIpc) is 2.75. The van der Waals surface area contributed by atoms with Crippen LogP contribution in [-0.4, -0.2) is 34.1 Å². The van der Waals surface area contributed by atoms with E-state index >= 15 is 0 Å². The summed E-state index contributed by atoms with van der Waals surface area (Å²) in [5, 5.41) is 10.4. The first kappa shape index (κ1) is 22.2. The minimum Gasteiger partial charge on any atom is -0.504 e. The maximum Gasteiger partial charge on any atom is 0.347 e. The third-order valence-corrected chi connectivity index (χ3v) is 4.60. The van der Waals surface area contributed by atoms with Crippen LogP contribution in [0.15, 0.2) is 60.8 Å². The summed E-state index contributed by atoms with van der Waals surface area (Å²) in [6, 6.07) is 13.7. The van der Waals surface area contributed by atoms with E-state index in [1.165, 1.54) is 38.2 Å². The summed E-state index contributed by atoms with van der Waals surface area (Å²) < 4.78 is 24.7. The van der Waals surface area contributed by atoms with Gasteiger partial charge in [0.1, 0.15) is 5.69 Å². The Labute approximate surface area is 183 Å². The number of nitrogens with zero attached hydrogens (tertiary/aromatic N) is 1. The Bertz CT molecular complexity index is 1110. The zero-order valence-electron chi connectivity index (χ0n) is 16.7. The maximum absolute atomic E-state index is 14.0. The highest BCUT2D eigenvalue weighted by Crippen LogP contribution is 2.33. The number of aromatic hydroxyl groups is 1. The van der Waals surface area contributed by atoms with Crippen LogP contribution in [0.25, 0.3) is 11.3 Å². The topological polar surface area (TPSA) is 85.7 Å². The number of Topliss-reactive ketones (excluding diaryl/α,β-unsaturated/α-hetero) is 1. The second-order valence-electron chi connectivity index (χ2n) is 6.74. The summed E-state index contributed by atoms with van der Waals surface area (Å²) >= 11 is 5.70. The highest BCUT2D eigenvalue weighted by atomic mass is 35.5. The first-order chi connectivity index (χ1) is 14.8. The number of ether oxygens (including phenoxy) is 2. The molecule has 1 N–H and O–H groups in total. The zero-order chi connectivity index (χ0) is 22.5. The number of carbonyl (C=O) groups excluding carboxylic acids is 2. The van der Waals surface area contributed by atoms with Crippen LogP contribution in [0.4, 0.5) is 4.39 Å². The van der Waals surface area contributed by atoms with E-state index in [0.29, 0.717) is 11.1 Å². The Morgan fingerprint density at radius 1 is 1.06 bits per heavy atom. The number of hydrogen-bond donors (Lipinski definition) is 1. The van der Waals surface area contributed by atoms with Crippen LogP contribution in [0.5, 0.6) is 11.5 Å². The largest absolute Gasteiger partial charge is 0.504 e. The smallest absolute Gasteiger partial charge is 0.347 e. The van der Waals surface area contributed by atoms with Crippen molar-refractivity contribution in [2.45, 2.75) is 26.1 Å². The molecule has 0 fully saturated rings. The van der Waals surface area contributed by atoms with Gasteiger partial charge in [-0.15, -0.1) is 0 Å². The number of esters is 1. The first-order valence-electron chi connectivity index (χ1n) is 9.37. The van der Waals surface area contributed by atoms with Crippen LogP contribution in [-0.2, 0) is 9.53 Å². The van der Waals surface area contributed by atoms with Crippen molar-refractivity contribution in [3.05, 3.63) is 77.2 Å². The van der Waals surface area contributed by atoms with Crippen molar-refractivity contribution in [3.63, 3.8) is 0 Å². The molecule has 160 valence electrons. The van der Waals surface area contributed by atoms with Crippen LogP contribution in [0.2, 0.25) is 5.02 Å². The van der Waals surface area contributed by atoms with E-state index < -0.39 is 24.0 Å². The molecule has 0 saturated carbocycles. The number of pyridine rings is 1. The van der Waals surface area contributed by atoms with Gasteiger partial charge < -0.3 is 14.6 Å². The molecule has 0 bridgehead atoms. The van der Waals surface area contributed by atoms with E-state index in [-0.39, 0.29) is 28.0 Å². The van der Waals surface area contributed by atoms with Gasteiger partial charge >= 0.3 is 5.97 Å². The first-order valence-corrected chi connectivity index (χ1v) is 9.75. The molecular formula is C23H19ClFNO5. The van der Waals surface area contributed by atoms with Crippen molar-refractivity contribution < 1.29 is 28.6 Å². The van der Waals surface area contributed by atoms with Gasteiger partial charge in [0.25, 0.3) is 0 Å². The van der Waals surface area contributed by atoms with Gasteiger partial charge in [0.2, 0.25) is 5.78 Å². The summed E-state index contributed by atoms with van der Waals surface area (Å²) in [6.45, 7) is 2.90. The Morgan fingerprint density at radius 3 is 2.42 bits per heavy atom. The number of aromatic nitrogens is 1. The fourth-order valence-electron chi connectivity index (χ4n) is 2.79. The molecule has 0 aliphatic rings. The van der Waals surface area contributed by atoms with Gasteiger partial charge in [-0.25, -0.2) is 9.18 Å². The van der Waals surface area contributed by atoms with Gasteiger partial charge in [0.05, 0.1) is 5.02 Å². The third kappa shape index (κ3) is 5.38. The molecule has 0 spiro atoms. The summed E-state index contributed by atoms with van der Waals surface area (Å²) in [4.78, 5) is 28.6. The summed E-state index contributed by atoms with van der Waals surface area (Å²) in [6.07, 6.45) is -0.818. The van der Waals surface area contributed by atoms with Gasteiger partial charge in [-0.05, 0) is 38.1 Å². The highest BCUT2D eigenvalue weighted by Gasteiger charge is 2.25. The Kier molecular flexibility index (Phi) is 6.87. The number of carbonyl (C=O) groups is 2. The molecule has 2 unspecified atom stereocenters. The molecule has 3 aromatic rings. The molecule has 0 saturated heterocycles. The Morgan fingerprint density at radius 2 is 1.77 bits per heavy atom. The Hall–Kier alpha value is -3.45. The van der Waals surface area contributed by atoms with Gasteiger partial charge in [0, 0.05) is 17.3 Å². The molecule has 2 atom stereocenters. The van der Waals surface area contributed by atoms with E-state index in [4.69, 9.17) is 21.1 Å². The monoisotopic (exact) mass is 443 g/mol. The van der Waals surface area contributed by atoms with Crippen molar-refractivity contribution in [2.75, 3.05) is 0 Å². The van der Waals surface area contributed by atoms with Crippen LogP contribution >= 0.6 is 11.6 Å². The molecule has 0 aliphatic heterocycles. The molecule has 0 amide bonds. The highest BCUT2D eigenvalue weighted by molar-refractivity contribution is 6.30. The summed E-state index contributed by atoms with van der Waals surface area (Å²) in [5.41, 5.74) is 0.732. The van der Waals surface area contributed by atoms with E-state index in [1.54, 1.807) is 30.3 Å².